The Morgan fingerprint density at radius 2 is 1.88 bits per heavy atom. The number of piperazine rings is 1. The van der Waals surface area contributed by atoms with Gasteiger partial charge < -0.3 is 4.90 Å². The molecule has 2 fully saturated rings. The van der Waals surface area contributed by atoms with Crippen molar-refractivity contribution in [2.45, 2.75) is 12.8 Å². The van der Waals surface area contributed by atoms with Crippen LogP contribution in [0.2, 0.25) is 5.15 Å². The molecule has 2 aliphatic rings. The van der Waals surface area contributed by atoms with E-state index >= 15 is 0 Å². The SMILES string of the molecule is Clc1ccc(N2CCN(CC3CC3)CC2)nn1. The maximum Gasteiger partial charge on any atom is 0.151 e. The van der Waals surface area contributed by atoms with Gasteiger partial charge in [-0.1, -0.05) is 11.6 Å². The molecule has 1 saturated heterocycles. The molecule has 0 bridgehead atoms. The molecule has 2 heterocycles. The molecule has 5 heteroatoms. The van der Waals surface area contributed by atoms with Crippen LogP contribution in [0.25, 0.3) is 0 Å². The van der Waals surface area contributed by atoms with Gasteiger partial charge in [0.2, 0.25) is 0 Å². The summed E-state index contributed by atoms with van der Waals surface area (Å²) < 4.78 is 0. The smallest absolute Gasteiger partial charge is 0.151 e. The van der Waals surface area contributed by atoms with Crippen LogP contribution in [0.1, 0.15) is 12.8 Å². The van der Waals surface area contributed by atoms with Crippen molar-refractivity contribution in [1.29, 1.82) is 0 Å². The molecule has 3 rings (SSSR count). The summed E-state index contributed by atoms with van der Waals surface area (Å²) in [5.41, 5.74) is 0. The Bertz CT molecular complexity index is 369. The third kappa shape index (κ3) is 2.87. The Morgan fingerprint density at radius 3 is 2.47 bits per heavy atom. The molecule has 92 valence electrons. The molecule has 0 N–H and O–H groups in total. The van der Waals surface area contributed by atoms with E-state index in [1.54, 1.807) is 6.07 Å². The van der Waals surface area contributed by atoms with Crippen molar-refractivity contribution in [3.8, 4) is 0 Å². The Hall–Kier alpha value is -0.870. The Morgan fingerprint density at radius 1 is 1.12 bits per heavy atom. The molecule has 17 heavy (non-hydrogen) atoms. The van der Waals surface area contributed by atoms with Crippen LogP contribution in [-0.4, -0.2) is 47.8 Å². The summed E-state index contributed by atoms with van der Waals surface area (Å²) >= 11 is 5.74. The third-order valence-corrected chi connectivity index (χ3v) is 3.73. The van der Waals surface area contributed by atoms with E-state index in [0.717, 1.165) is 37.9 Å². The molecule has 0 unspecified atom stereocenters. The van der Waals surface area contributed by atoms with Gasteiger partial charge in [0.15, 0.2) is 11.0 Å². The fourth-order valence-corrected chi connectivity index (χ4v) is 2.40. The number of rotatable bonds is 3. The second-order valence-corrected chi connectivity index (χ2v) is 5.33. The molecule has 1 aromatic heterocycles. The zero-order valence-electron chi connectivity index (χ0n) is 9.85. The predicted molar refractivity (Wildman–Crippen MR) is 68.4 cm³/mol. The van der Waals surface area contributed by atoms with Crippen molar-refractivity contribution in [2.24, 2.45) is 5.92 Å². The van der Waals surface area contributed by atoms with E-state index in [1.807, 2.05) is 6.07 Å². The topological polar surface area (TPSA) is 32.3 Å². The minimum absolute atomic E-state index is 0.459. The number of aromatic nitrogens is 2. The van der Waals surface area contributed by atoms with Crippen LogP contribution in [0.15, 0.2) is 12.1 Å². The van der Waals surface area contributed by atoms with Crippen LogP contribution in [-0.2, 0) is 0 Å². The fraction of sp³-hybridized carbons (Fsp3) is 0.667. The van der Waals surface area contributed by atoms with E-state index in [-0.39, 0.29) is 0 Å². The van der Waals surface area contributed by atoms with Crippen LogP contribution >= 0.6 is 11.6 Å². The van der Waals surface area contributed by atoms with E-state index in [4.69, 9.17) is 11.6 Å². The lowest BCUT2D eigenvalue weighted by molar-refractivity contribution is 0.247. The van der Waals surface area contributed by atoms with Crippen molar-refractivity contribution in [3.05, 3.63) is 17.3 Å². The molecule has 0 atom stereocenters. The molecular formula is C12H17ClN4. The van der Waals surface area contributed by atoms with Crippen molar-refractivity contribution in [2.75, 3.05) is 37.6 Å². The van der Waals surface area contributed by atoms with Gasteiger partial charge in [0.1, 0.15) is 0 Å². The average Bonchev–Trinajstić information content (AvgIpc) is 3.15. The molecule has 1 aliphatic carbocycles. The van der Waals surface area contributed by atoms with Gasteiger partial charge in [-0.3, -0.25) is 4.90 Å². The van der Waals surface area contributed by atoms with Gasteiger partial charge in [-0.05, 0) is 30.9 Å². The maximum atomic E-state index is 5.74. The second kappa shape index (κ2) is 4.78. The third-order valence-electron chi connectivity index (χ3n) is 3.53. The van der Waals surface area contributed by atoms with Gasteiger partial charge in [0.25, 0.3) is 0 Å². The maximum absolute atomic E-state index is 5.74. The number of hydrogen-bond acceptors (Lipinski definition) is 4. The van der Waals surface area contributed by atoms with E-state index in [9.17, 15) is 0 Å². The zero-order valence-corrected chi connectivity index (χ0v) is 10.6. The standard InChI is InChI=1S/C12H17ClN4/c13-11-3-4-12(15-14-11)17-7-5-16(6-8-17)9-10-1-2-10/h3-4,10H,1-2,5-9H2. The quantitative estimate of drug-likeness (QED) is 0.819. The van der Waals surface area contributed by atoms with Gasteiger partial charge in [-0.15, -0.1) is 10.2 Å². The number of nitrogens with zero attached hydrogens (tertiary/aromatic N) is 4. The van der Waals surface area contributed by atoms with Crippen LogP contribution in [0.3, 0.4) is 0 Å². The number of anilines is 1. The van der Waals surface area contributed by atoms with E-state index in [0.29, 0.717) is 5.15 Å². The number of hydrogen-bond donors (Lipinski definition) is 0. The van der Waals surface area contributed by atoms with Crippen LogP contribution < -0.4 is 4.90 Å². The van der Waals surface area contributed by atoms with Gasteiger partial charge in [0.05, 0.1) is 0 Å². The Kier molecular flexibility index (Phi) is 3.16. The van der Waals surface area contributed by atoms with Crippen molar-refractivity contribution >= 4 is 17.4 Å². The zero-order chi connectivity index (χ0) is 11.7. The van der Waals surface area contributed by atoms with Gasteiger partial charge in [0, 0.05) is 32.7 Å². The molecule has 0 amide bonds. The Balaban J connectivity index is 1.54. The highest BCUT2D eigenvalue weighted by Crippen LogP contribution is 2.30. The molecule has 0 spiro atoms. The van der Waals surface area contributed by atoms with Crippen LogP contribution in [0.5, 0.6) is 0 Å². The lowest BCUT2D eigenvalue weighted by Gasteiger charge is -2.35. The van der Waals surface area contributed by atoms with Crippen LogP contribution in [0.4, 0.5) is 5.82 Å². The summed E-state index contributed by atoms with van der Waals surface area (Å²) in [6.07, 6.45) is 2.87. The van der Waals surface area contributed by atoms with Gasteiger partial charge >= 0.3 is 0 Å². The first-order valence-corrected chi connectivity index (χ1v) is 6.65. The normalized spacial score (nSPS) is 21.8. The molecule has 1 saturated carbocycles. The lowest BCUT2D eigenvalue weighted by atomic mass is 10.3. The first kappa shape index (κ1) is 11.2. The molecule has 1 aromatic rings. The van der Waals surface area contributed by atoms with Crippen molar-refractivity contribution in [3.63, 3.8) is 0 Å². The van der Waals surface area contributed by atoms with Crippen molar-refractivity contribution in [1.82, 2.24) is 15.1 Å². The molecule has 1 aliphatic heterocycles. The lowest BCUT2D eigenvalue weighted by Crippen LogP contribution is -2.47. The first-order valence-electron chi connectivity index (χ1n) is 6.28. The second-order valence-electron chi connectivity index (χ2n) is 4.95. The molecule has 4 nitrogen and oxygen atoms in total. The van der Waals surface area contributed by atoms with E-state index in [2.05, 4.69) is 20.0 Å². The minimum atomic E-state index is 0.459. The summed E-state index contributed by atoms with van der Waals surface area (Å²) in [6, 6.07) is 3.76. The average molecular weight is 253 g/mol. The molecular weight excluding hydrogens is 236 g/mol. The van der Waals surface area contributed by atoms with E-state index < -0.39 is 0 Å². The highest BCUT2D eigenvalue weighted by Gasteiger charge is 2.26. The monoisotopic (exact) mass is 252 g/mol. The van der Waals surface area contributed by atoms with Crippen LogP contribution in [0, 0.1) is 5.92 Å². The summed E-state index contributed by atoms with van der Waals surface area (Å²) in [5.74, 6) is 1.93. The summed E-state index contributed by atoms with van der Waals surface area (Å²) in [7, 11) is 0. The molecule has 0 aromatic carbocycles. The number of halogens is 1. The largest absolute Gasteiger partial charge is 0.353 e. The highest BCUT2D eigenvalue weighted by atomic mass is 35.5. The first-order chi connectivity index (χ1) is 8.31. The van der Waals surface area contributed by atoms with E-state index in [1.165, 1.54) is 19.4 Å². The molecule has 0 radical (unpaired) electrons. The summed E-state index contributed by atoms with van der Waals surface area (Å²) in [6.45, 7) is 5.66. The van der Waals surface area contributed by atoms with Gasteiger partial charge in [-0.2, -0.15) is 0 Å². The van der Waals surface area contributed by atoms with Crippen molar-refractivity contribution < 1.29 is 0 Å². The summed E-state index contributed by atoms with van der Waals surface area (Å²) in [5, 5.41) is 8.48. The summed E-state index contributed by atoms with van der Waals surface area (Å²) in [4.78, 5) is 4.85. The van der Waals surface area contributed by atoms with Gasteiger partial charge in [-0.25, -0.2) is 0 Å². The highest BCUT2D eigenvalue weighted by molar-refractivity contribution is 6.29. The predicted octanol–water partition coefficient (Wildman–Crippen LogP) is 1.66. The minimum Gasteiger partial charge on any atom is -0.353 e. The Labute approximate surface area is 107 Å². The fourth-order valence-electron chi connectivity index (χ4n) is 2.30.